The number of aromatic nitrogens is 1. The lowest BCUT2D eigenvalue weighted by atomic mass is 10.3. The van der Waals surface area contributed by atoms with Crippen molar-refractivity contribution >= 4 is 47.2 Å². The van der Waals surface area contributed by atoms with Gasteiger partial charge in [-0.25, -0.2) is 4.98 Å². The standard InChI is InChI=1S/C17H29N5OS.HI/c1-3-14-13-21-15(24-14)7-9-19-17(18-4-2)20-10-8-16(23)22-11-5-6-12-22;/h13H,3-12H2,1-2H3,(H2,18,19,20);1H. The summed E-state index contributed by atoms with van der Waals surface area (Å²) < 4.78 is 0. The van der Waals surface area contributed by atoms with Crippen LogP contribution >= 0.6 is 35.3 Å². The molecule has 0 spiro atoms. The SMILES string of the molecule is CCNC(=NCCc1ncc(CC)s1)NCCC(=O)N1CCCC1.I. The number of likely N-dealkylation sites (tertiary alicyclic amines) is 1. The molecule has 1 amide bonds. The Bertz CT molecular complexity index is 543. The summed E-state index contributed by atoms with van der Waals surface area (Å²) >= 11 is 1.76. The molecule has 0 atom stereocenters. The van der Waals surface area contributed by atoms with Gasteiger partial charge in [0.05, 0.1) is 5.01 Å². The van der Waals surface area contributed by atoms with Crippen molar-refractivity contribution < 1.29 is 4.79 Å². The number of hydrogen-bond acceptors (Lipinski definition) is 4. The maximum Gasteiger partial charge on any atom is 0.224 e. The van der Waals surface area contributed by atoms with E-state index in [0.717, 1.165) is 56.3 Å². The van der Waals surface area contributed by atoms with Crippen LogP contribution in [0.2, 0.25) is 0 Å². The van der Waals surface area contributed by atoms with Crippen LogP contribution in [-0.2, 0) is 17.6 Å². The van der Waals surface area contributed by atoms with E-state index in [1.54, 1.807) is 11.3 Å². The summed E-state index contributed by atoms with van der Waals surface area (Å²) in [5.74, 6) is 1.02. The summed E-state index contributed by atoms with van der Waals surface area (Å²) in [6.07, 6.45) is 6.65. The Morgan fingerprint density at radius 1 is 1.32 bits per heavy atom. The molecule has 0 saturated carbocycles. The van der Waals surface area contributed by atoms with Gasteiger partial charge >= 0.3 is 0 Å². The van der Waals surface area contributed by atoms with E-state index in [-0.39, 0.29) is 29.9 Å². The normalized spacial score (nSPS) is 14.3. The first-order valence-electron chi connectivity index (χ1n) is 8.96. The first-order chi connectivity index (χ1) is 11.7. The van der Waals surface area contributed by atoms with Crippen LogP contribution in [0.3, 0.4) is 0 Å². The molecule has 0 radical (unpaired) electrons. The Morgan fingerprint density at radius 2 is 2.08 bits per heavy atom. The van der Waals surface area contributed by atoms with E-state index >= 15 is 0 Å². The number of amides is 1. The van der Waals surface area contributed by atoms with Gasteiger partial charge in [0.1, 0.15) is 0 Å². The third-order valence-corrected chi connectivity index (χ3v) is 5.18. The molecule has 1 saturated heterocycles. The van der Waals surface area contributed by atoms with Crippen molar-refractivity contribution in [1.82, 2.24) is 20.5 Å². The summed E-state index contributed by atoms with van der Waals surface area (Å²) in [6, 6.07) is 0. The second-order valence-electron chi connectivity index (χ2n) is 5.85. The minimum Gasteiger partial charge on any atom is -0.357 e. The third kappa shape index (κ3) is 7.89. The summed E-state index contributed by atoms with van der Waals surface area (Å²) in [6.45, 7) is 8.15. The summed E-state index contributed by atoms with van der Waals surface area (Å²) in [5, 5.41) is 7.61. The van der Waals surface area contributed by atoms with Crippen molar-refractivity contribution in [3.63, 3.8) is 0 Å². The van der Waals surface area contributed by atoms with Gasteiger partial charge in [0, 0.05) is 56.6 Å². The molecule has 0 bridgehead atoms. The lowest BCUT2D eigenvalue weighted by molar-refractivity contribution is -0.129. The Hall–Kier alpha value is -0.900. The van der Waals surface area contributed by atoms with Crippen molar-refractivity contribution in [3.8, 4) is 0 Å². The number of halogens is 1. The zero-order chi connectivity index (χ0) is 17.2. The van der Waals surface area contributed by atoms with E-state index in [2.05, 4.69) is 27.5 Å². The summed E-state index contributed by atoms with van der Waals surface area (Å²) in [4.78, 5) is 24.3. The van der Waals surface area contributed by atoms with Crippen molar-refractivity contribution in [2.75, 3.05) is 32.7 Å². The Balaban J connectivity index is 0.00000312. The number of aryl methyl sites for hydroxylation is 1. The number of nitrogens with one attached hydrogen (secondary N) is 2. The average Bonchev–Trinajstić information content (AvgIpc) is 3.26. The molecule has 2 heterocycles. The van der Waals surface area contributed by atoms with Crippen molar-refractivity contribution in [3.05, 3.63) is 16.1 Å². The molecular weight excluding hydrogens is 449 g/mol. The molecule has 2 rings (SSSR count). The van der Waals surface area contributed by atoms with Crippen LogP contribution in [0.15, 0.2) is 11.2 Å². The van der Waals surface area contributed by atoms with E-state index in [9.17, 15) is 4.79 Å². The van der Waals surface area contributed by atoms with Crippen molar-refractivity contribution in [2.45, 2.75) is 46.0 Å². The van der Waals surface area contributed by atoms with Gasteiger partial charge in [-0.2, -0.15) is 0 Å². The Labute approximate surface area is 171 Å². The highest BCUT2D eigenvalue weighted by atomic mass is 127. The number of guanidine groups is 1. The fourth-order valence-electron chi connectivity index (χ4n) is 2.64. The summed E-state index contributed by atoms with van der Waals surface area (Å²) in [5.41, 5.74) is 0. The molecule has 0 aliphatic carbocycles. The molecule has 1 aliphatic rings. The lowest BCUT2D eigenvalue weighted by Crippen LogP contribution is -2.39. The highest BCUT2D eigenvalue weighted by Gasteiger charge is 2.17. The molecule has 1 aromatic rings. The maximum atomic E-state index is 12.0. The van der Waals surface area contributed by atoms with Gasteiger partial charge in [-0.15, -0.1) is 35.3 Å². The highest BCUT2D eigenvalue weighted by molar-refractivity contribution is 14.0. The molecule has 2 N–H and O–H groups in total. The van der Waals surface area contributed by atoms with Gasteiger partial charge < -0.3 is 15.5 Å². The average molecular weight is 479 g/mol. The maximum absolute atomic E-state index is 12.0. The first-order valence-corrected chi connectivity index (χ1v) is 9.78. The number of nitrogens with zero attached hydrogens (tertiary/aromatic N) is 3. The summed E-state index contributed by atoms with van der Waals surface area (Å²) in [7, 11) is 0. The molecule has 1 aliphatic heterocycles. The van der Waals surface area contributed by atoms with Crippen molar-refractivity contribution in [1.29, 1.82) is 0 Å². The quantitative estimate of drug-likeness (QED) is 0.342. The first kappa shape index (κ1) is 22.1. The molecule has 0 aromatic carbocycles. The molecule has 8 heteroatoms. The van der Waals surface area contributed by atoms with Crippen LogP contribution in [-0.4, -0.2) is 54.5 Å². The Morgan fingerprint density at radius 3 is 2.72 bits per heavy atom. The molecule has 1 fully saturated rings. The van der Waals surface area contributed by atoms with Gasteiger partial charge in [-0.05, 0) is 26.2 Å². The van der Waals surface area contributed by atoms with Gasteiger partial charge in [0.2, 0.25) is 5.91 Å². The van der Waals surface area contributed by atoms with Gasteiger partial charge in [-0.1, -0.05) is 6.92 Å². The molecule has 25 heavy (non-hydrogen) atoms. The fraction of sp³-hybridized carbons (Fsp3) is 0.706. The van der Waals surface area contributed by atoms with Gasteiger partial charge in [0.15, 0.2) is 5.96 Å². The number of aliphatic imine (C=N–C) groups is 1. The van der Waals surface area contributed by atoms with Crippen molar-refractivity contribution in [2.24, 2.45) is 4.99 Å². The van der Waals surface area contributed by atoms with Gasteiger partial charge in [-0.3, -0.25) is 9.79 Å². The van der Waals surface area contributed by atoms with E-state index < -0.39 is 0 Å². The van der Waals surface area contributed by atoms with Crippen LogP contribution in [0.5, 0.6) is 0 Å². The highest BCUT2D eigenvalue weighted by Crippen LogP contribution is 2.13. The van der Waals surface area contributed by atoms with E-state index in [1.807, 2.05) is 18.0 Å². The zero-order valence-corrected chi connectivity index (χ0v) is 18.4. The van der Waals surface area contributed by atoms with Crippen LogP contribution in [0.1, 0.15) is 43.0 Å². The predicted octanol–water partition coefficient (Wildman–Crippen LogP) is 2.43. The minimum absolute atomic E-state index is 0. The number of carbonyl (C=O) groups is 1. The smallest absolute Gasteiger partial charge is 0.224 e. The molecule has 6 nitrogen and oxygen atoms in total. The van der Waals surface area contributed by atoms with E-state index in [0.29, 0.717) is 19.5 Å². The monoisotopic (exact) mass is 479 g/mol. The fourth-order valence-corrected chi connectivity index (χ4v) is 3.50. The second-order valence-corrected chi connectivity index (χ2v) is 7.05. The number of rotatable bonds is 8. The van der Waals surface area contributed by atoms with Crippen LogP contribution < -0.4 is 10.6 Å². The number of carbonyl (C=O) groups excluding carboxylic acids is 1. The third-order valence-electron chi connectivity index (χ3n) is 3.98. The number of thiazole rings is 1. The van der Waals surface area contributed by atoms with Gasteiger partial charge in [0.25, 0.3) is 0 Å². The predicted molar refractivity (Wildman–Crippen MR) is 115 cm³/mol. The number of hydrogen-bond donors (Lipinski definition) is 2. The topological polar surface area (TPSA) is 69.6 Å². The van der Waals surface area contributed by atoms with Crippen LogP contribution in [0, 0.1) is 0 Å². The van der Waals surface area contributed by atoms with Crippen LogP contribution in [0.25, 0.3) is 0 Å². The van der Waals surface area contributed by atoms with E-state index in [4.69, 9.17) is 0 Å². The van der Waals surface area contributed by atoms with E-state index in [1.165, 1.54) is 4.88 Å². The largest absolute Gasteiger partial charge is 0.357 e. The van der Waals surface area contributed by atoms with Crippen LogP contribution in [0.4, 0.5) is 0 Å². The molecule has 142 valence electrons. The molecule has 0 unspecified atom stereocenters. The zero-order valence-electron chi connectivity index (χ0n) is 15.2. The molecule has 1 aromatic heterocycles. The Kier molecular flexibility index (Phi) is 11.0. The lowest BCUT2D eigenvalue weighted by Gasteiger charge is -2.16. The molecular formula is C17H30IN5OS. The second kappa shape index (κ2) is 12.5. The minimum atomic E-state index is 0.